The molecule has 0 aromatic carbocycles. The number of aliphatic hydroxyl groups is 1. The zero-order chi connectivity index (χ0) is 15.9. The molecule has 118 valence electrons. The average molecular weight is 306 g/mol. The third-order valence-electron chi connectivity index (χ3n) is 4.36. The van der Waals surface area contributed by atoms with Crippen molar-refractivity contribution in [2.24, 2.45) is 11.8 Å². The monoisotopic (exact) mass is 306 g/mol. The first kappa shape index (κ1) is 15.0. The fourth-order valence-electron chi connectivity index (χ4n) is 3.28. The van der Waals surface area contributed by atoms with Crippen molar-refractivity contribution in [2.75, 3.05) is 0 Å². The standard InChI is InChI=1S/C16H18O6/c1-9-14(11-5-3-4-8-16(9,19)22-11)15-12(20-10(2)17)6-7-13(18)21-15/h3-9,11-12,14-15,19H,1-2H3/t9-,11+,12-,14+,15+,16+/m0/s1. The van der Waals surface area contributed by atoms with Gasteiger partial charge in [-0.2, -0.15) is 0 Å². The molecule has 1 saturated heterocycles. The lowest BCUT2D eigenvalue weighted by Crippen LogP contribution is -2.47. The van der Waals surface area contributed by atoms with Crippen molar-refractivity contribution in [1.82, 2.24) is 0 Å². The van der Waals surface area contributed by atoms with Crippen molar-refractivity contribution < 1.29 is 28.9 Å². The number of hydrogen-bond acceptors (Lipinski definition) is 6. The first-order valence-electron chi connectivity index (χ1n) is 7.23. The van der Waals surface area contributed by atoms with Crippen LogP contribution in [-0.4, -0.2) is 41.1 Å². The predicted molar refractivity (Wildman–Crippen MR) is 75.3 cm³/mol. The molecule has 0 saturated carbocycles. The fraction of sp³-hybridized carbons (Fsp3) is 0.500. The maximum atomic E-state index is 11.6. The van der Waals surface area contributed by atoms with Gasteiger partial charge in [-0.15, -0.1) is 0 Å². The molecule has 1 fully saturated rings. The van der Waals surface area contributed by atoms with E-state index in [1.165, 1.54) is 19.1 Å². The Kier molecular flexibility index (Phi) is 3.66. The van der Waals surface area contributed by atoms with Crippen LogP contribution in [0.3, 0.4) is 0 Å². The van der Waals surface area contributed by atoms with E-state index in [1.54, 1.807) is 24.3 Å². The summed E-state index contributed by atoms with van der Waals surface area (Å²) >= 11 is 0. The second-order valence-electron chi connectivity index (χ2n) is 5.78. The van der Waals surface area contributed by atoms with Crippen molar-refractivity contribution in [3.05, 3.63) is 36.5 Å². The molecule has 6 nitrogen and oxygen atoms in total. The minimum absolute atomic E-state index is 0.329. The number of fused-ring (bicyclic) bond motifs is 2. The van der Waals surface area contributed by atoms with Gasteiger partial charge in [0, 0.05) is 24.8 Å². The summed E-state index contributed by atoms with van der Waals surface area (Å²) in [6, 6.07) is 0. The van der Waals surface area contributed by atoms with Crippen molar-refractivity contribution in [3.8, 4) is 0 Å². The molecule has 0 amide bonds. The van der Waals surface area contributed by atoms with Crippen LogP contribution in [0.1, 0.15) is 13.8 Å². The highest BCUT2D eigenvalue weighted by molar-refractivity contribution is 5.83. The van der Waals surface area contributed by atoms with Gasteiger partial charge < -0.3 is 19.3 Å². The van der Waals surface area contributed by atoms with Crippen LogP contribution >= 0.6 is 0 Å². The van der Waals surface area contributed by atoms with E-state index in [-0.39, 0.29) is 11.8 Å². The summed E-state index contributed by atoms with van der Waals surface area (Å²) in [5.41, 5.74) is 0. The van der Waals surface area contributed by atoms with Gasteiger partial charge >= 0.3 is 11.9 Å². The third-order valence-corrected chi connectivity index (χ3v) is 4.36. The molecule has 6 heteroatoms. The Hall–Kier alpha value is -1.92. The summed E-state index contributed by atoms with van der Waals surface area (Å²) in [4.78, 5) is 22.9. The molecule has 3 aliphatic rings. The quantitative estimate of drug-likeness (QED) is 0.762. The normalized spacial score (nSPS) is 42.9. The highest BCUT2D eigenvalue weighted by Gasteiger charge is 2.56. The Labute approximate surface area is 128 Å². The largest absolute Gasteiger partial charge is 0.454 e. The van der Waals surface area contributed by atoms with E-state index in [4.69, 9.17) is 14.2 Å². The van der Waals surface area contributed by atoms with Crippen molar-refractivity contribution in [2.45, 2.75) is 37.9 Å². The van der Waals surface area contributed by atoms with Crippen LogP contribution in [0, 0.1) is 11.8 Å². The molecule has 22 heavy (non-hydrogen) atoms. The Balaban J connectivity index is 1.92. The van der Waals surface area contributed by atoms with Gasteiger partial charge in [-0.3, -0.25) is 4.79 Å². The zero-order valence-electron chi connectivity index (χ0n) is 12.3. The molecule has 0 spiro atoms. The minimum atomic E-state index is -1.42. The highest BCUT2D eigenvalue weighted by atomic mass is 16.6. The van der Waals surface area contributed by atoms with Crippen LogP contribution < -0.4 is 0 Å². The Bertz CT molecular complexity index is 577. The summed E-state index contributed by atoms with van der Waals surface area (Å²) < 4.78 is 16.3. The van der Waals surface area contributed by atoms with Gasteiger partial charge in [-0.05, 0) is 12.2 Å². The van der Waals surface area contributed by atoms with Gasteiger partial charge in [0.15, 0.2) is 11.9 Å². The van der Waals surface area contributed by atoms with Gasteiger partial charge in [0.25, 0.3) is 0 Å². The van der Waals surface area contributed by atoms with Crippen molar-refractivity contribution in [1.29, 1.82) is 0 Å². The van der Waals surface area contributed by atoms with E-state index in [1.807, 2.05) is 6.92 Å². The molecule has 0 aliphatic carbocycles. The van der Waals surface area contributed by atoms with Crippen molar-refractivity contribution in [3.63, 3.8) is 0 Å². The number of ether oxygens (including phenoxy) is 3. The summed E-state index contributed by atoms with van der Waals surface area (Å²) in [7, 11) is 0. The lowest BCUT2D eigenvalue weighted by Gasteiger charge is -2.35. The van der Waals surface area contributed by atoms with E-state index >= 15 is 0 Å². The maximum absolute atomic E-state index is 11.6. The maximum Gasteiger partial charge on any atom is 0.330 e. The van der Waals surface area contributed by atoms with E-state index in [2.05, 4.69) is 0 Å². The number of esters is 2. The second kappa shape index (κ2) is 5.37. The minimum Gasteiger partial charge on any atom is -0.454 e. The topological polar surface area (TPSA) is 82.1 Å². The zero-order valence-corrected chi connectivity index (χ0v) is 12.3. The van der Waals surface area contributed by atoms with Crippen LogP contribution in [0.4, 0.5) is 0 Å². The number of carbonyl (C=O) groups excluding carboxylic acids is 2. The van der Waals surface area contributed by atoms with Crippen LogP contribution in [0.2, 0.25) is 0 Å². The smallest absolute Gasteiger partial charge is 0.330 e. The van der Waals surface area contributed by atoms with Gasteiger partial charge in [0.1, 0.15) is 6.10 Å². The van der Waals surface area contributed by atoms with Crippen LogP contribution in [0.15, 0.2) is 36.5 Å². The second-order valence-corrected chi connectivity index (χ2v) is 5.78. The summed E-state index contributed by atoms with van der Waals surface area (Å²) in [6.07, 6.45) is 7.83. The Morgan fingerprint density at radius 3 is 2.86 bits per heavy atom. The number of hydrogen-bond donors (Lipinski definition) is 1. The fourth-order valence-corrected chi connectivity index (χ4v) is 3.28. The predicted octanol–water partition coefficient (Wildman–Crippen LogP) is 0.865. The van der Waals surface area contributed by atoms with Crippen LogP contribution in [0.25, 0.3) is 0 Å². The lowest BCUT2D eigenvalue weighted by atomic mass is 9.79. The molecule has 3 aliphatic heterocycles. The average Bonchev–Trinajstić information content (AvgIpc) is 2.59. The number of allylic oxidation sites excluding steroid dienone is 2. The SMILES string of the molecule is CC(=O)O[C@H]1C=CC(=O)O[C@H]1[C@H]1[C@H]2C=CC=C[C@@](O)(O2)[C@H]1C. The highest BCUT2D eigenvalue weighted by Crippen LogP contribution is 2.45. The Morgan fingerprint density at radius 1 is 1.36 bits per heavy atom. The number of rotatable bonds is 2. The first-order chi connectivity index (χ1) is 10.4. The molecule has 2 bridgehead atoms. The molecule has 3 heterocycles. The van der Waals surface area contributed by atoms with Gasteiger partial charge in [0.2, 0.25) is 0 Å². The molecule has 0 aromatic heterocycles. The lowest BCUT2D eigenvalue weighted by molar-refractivity contribution is -0.168. The van der Waals surface area contributed by atoms with Gasteiger partial charge in [0.05, 0.1) is 6.10 Å². The summed E-state index contributed by atoms with van der Waals surface area (Å²) in [6.45, 7) is 3.13. The molecule has 0 radical (unpaired) electrons. The molecule has 0 aromatic rings. The molecule has 6 atom stereocenters. The van der Waals surface area contributed by atoms with E-state index in [0.29, 0.717) is 0 Å². The van der Waals surface area contributed by atoms with Crippen LogP contribution in [0.5, 0.6) is 0 Å². The number of cyclic esters (lactones) is 1. The summed E-state index contributed by atoms with van der Waals surface area (Å²) in [5, 5.41) is 10.6. The molecular formula is C16H18O6. The molecular weight excluding hydrogens is 288 g/mol. The summed E-state index contributed by atoms with van der Waals surface area (Å²) in [5.74, 6) is -3.04. The Morgan fingerprint density at radius 2 is 2.14 bits per heavy atom. The van der Waals surface area contributed by atoms with Gasteiger partial charge in [-0.25, -0.2) is 4.79 Å². The molecule has 3 rings (SSSR count). The molecule has 0 unspecified atom stereocenters. The van der Waals surface area contributed by atoms with E-state index < -0.39 is 36.0 Å². The first-order valence-corrected chi connectivity index (χ1v) is 7.23. The van der Waals surface area contributed by atoms with E-state index in [0.717, 1.165) is 0 Å². The van der Waals surface area contributed by atoms with Crippen molar-refractivity contribution >= 4 is 11.9 Å². The van der Waals surface area contributed by atoms with Gasteiger partial charge in [-0.1, -0.05) is 25.2 Å². The van der Waals surface area contributed by atoms with E-state index in [9.17, 15) is 14.7 Å². The third kappa shape index (κ3) is 2.48. The van der Waals surface area contributed by atoms with Crippen LogP contribution in [-0.2, 0) is 23.8 Å². The number of carbonyl (C=O) groups is 2. The molecule has 1 N–H and O–H groups in total.